The topological polar surface area (TPSA) is 28.7 Å². The Morgan fingerprint density at radius 1 is 1.21 bits per heavy atom. The van der Waals surface area contributed by atoms with Crippen LogP contribution in [0, 0.1) is 13.8 Å². The van der Waals surface area contributed by atoms with Gasteiger partial charge >= 0.3 is 0 Å². The third kappa shape index (κ3) is 1.41. The second-order valence-corrected chi connectivity index (χ2v) is 4.25. The van der Waals surface area contributed by atoms with Crippen LogP contribution in [-0.2, 0) is 0 Å². The zero-order chi connectivity index (χ0) is 10.3. The van der Waals surface area contributed by atoms with Gasteiger partial charge in [0.2, 0.25) is 0 Å². The molecule has 0 bridgehead atoms. The predicted molar refractivity (Wildman–Crippen MR) is 59.7 cm³/mol. The van der Waals surface area contributed by atoms with Crippen molar-refractivity contribution >= 4 is 11.0 Å². The van der Waals surface area contributed by atoms with Crippen molar-refractivity contribution in [2.24, 2.45) is 0 Å². The third-order valence-electron chi connectivity index (χ3n) is 2.49. The standard InChI is InChI=1S/C12H16N2/c1-7(2)12-13-10-6-8(3)5-9(4)11(10)14-12/h5-7H,1-4H3,(H,13,14). The van der Waals surface area contributed by atoms with E-state index in [1.54, 1.807) is 0 Å². The van der Waals surface area contributed by atoms with Gasteiger partial charge in [-0.3, -0.25) is 0 Å². The lowest BCUT2D eigenvalue weighted by molar-refractivity contribution is 0.799. The van der Waals surface area contributed by atoms with E-state index in [0.29, 0.717) is 5.92 Å². The first-order valence-electron chi connectivity index (χ1n) is 5.05. The van der Waals surface area contributed by atoms with Crippen molar-refractivity contribution in [3.8, 4) is 0 Å². The van der Waals surface area contributed by atoms with E-state index in [1.165, 1.54) is 11.1 Å². The summed E-state index contributed by atoms with van der Waals surface area (Å²) in [5, 5.41) is 0. The Balaban J connectivity index is 2.70. The minimum Gasteiger partial charge on any atom is -0.342 e. The van der Waals surface area contributed by atoms with Crippen molar-refractivity contribution in [1.29, 1.82) is 0 Å². The molecule has 2 heteroatoms. The lowest BCUT2D eigenvalue weighted by Crippen LogP contribution is -1.88. The third-order valence-corrected chi connectivity index (χ3v) is 2.49. The summed E-state index contributed by atoms with van der Waals surface area (Å²) >= 11 is 0. The van der Waals surface area contributed by atoms with E-state index in [9.17, 15) is 0 Å². The van der Waals surface area contributed by atoms with Gasteiger partial charge in [0.05, 0.1) is 11.0 Å². The second-order valence-electron chi connectivity index (χ2n) is 4.25. The molecule has 0 fully saturated rings. The normalized spacial score (nSPS) is 11.5. The highest BCUT2D eigenvalue weighted by atomic mass is 14.9. The first kappa shape index (κ1) is 9.25. The van der Waals surface area contributed by atoms with E-state index in [1.807, 2.05) is 0 Å². The van der Waals surface area contributed by atoms with E-state index in [-0.39, 0.29) is 0 Å². The predicted octanol–water partition coefficient (Wildman–Crippen LogP) is 3.30. The fraction of sp³-hybridized carbons (Fsp3) is 0.417. The smallest absolute Gasteiger partial charge is 0.109 e. The number of fused-ring (bicyclic) bond motifs is 1. The van der Waals surface area contributed by atoms with Crippen LogP contribution in [0.4, 0.5) is 0 Å². The SMILES string of the molecule is Cc1cc(C)c2nc(C(C)C)[nH]c2c1. The maximum atomic E-state index is 4.60. The van der Waals surface area contributed by atoms with Crippen LogP contribution < -0.4 is 0 Å². The molecule has 0 aliphatic rings. The maximum Gasteiger partial charge on any atom is 0.109 e. The fourth-order valence-electron chi connectivity index (χ4n) is 1.76. The van der Waals surface area contributed by atoms with Gasteiger partial charge in [-0.05, 0) is 31.0 Å². The number of hydrogen-bond acceptors (Lipinski definition) is 1. The number of nitrogens with one attached hydrogen (secondary N) is 1. The molecule has 0 amide bonds. The Kier molecular flexibility index (Phi) is 2.06. The van der Waals surface area contributed by atoms with E-state index >= 15 is 0 Å². The molecule has 14 heavy (non-hydrogen) atoms. The molecule has 0 atom stereocenters. The molecule has 0 aliphatic carbocycles. The van der Waals surface area contributed by atoms with Crippen LogP contribution >= 0.6 is 0 Å². The highest BCUT2D eigenvalue weighted by Crippen LogP contribution is 2.21. The monoisotopic (exact) mass is 188 g/mol. The molecule has 0 unspecified atom stereocenters. The molecule has 0 saturated carbocycles. The van der Waals surface area contributed by atoms with Gasteiger partial charge in [-0.25, -0.2) is 4.98 Å². The first-order valence-corrected chi connectivity index (χ1v) is 5.05. The Hall–Kier alpha value is -1.31. The van der Waals surface area contributed by atoms with E-state index < -0.39 is 0 Å². The molecule has 0 aliphatic heterocycles. The molecule has 0 saturated heterocycles. The van der Waals surface area contributed by atoms with E-state index in [4.69, 9.17) is 0 Å². The summed E-state index contributed by atoms with van der Waals surface area (Å²) < 4.78 is 0. The van der Waals surface area contributed by atoms with Crippen molar-refractivity contribution < 1.29 is 0 Å². The van der Waals surface area contributed by atoms with E-state index in [2.05, 4.69) is 49.8 Å². The van der Waals surface area contributed by atoms with Gasteiger partial charge < -0.3 is 4.98 Å². The number of hydrogen-bond donors (Lipinski definition) is 1. The van der Waals surface area contributed by atoms with Gasteiger partial charge in [-0.2, -0.15) is 0 Å². The van der Waals surface area contributed by atoms with Crippen molar-refractivity contribution in [2.75, 3.05) is 0 Å². The molecule has 0 radical (unpaired) electrons. The van der Waals surface area contributed by atoms with Gasteiger partial charge in [-0.15, -0.1) is 0 Å². The summed E-state index contributed by atoms with van der Waals surface area (Å²) in [6.45, 7) is 8.53. The van der Waals surface area contributed by atoms with Crippen molar-refractivity contribution in [3.05, 3.63) is 29.1 Å². The summed E-state index contributed by atoms with van der Waals surface area (Å²) in [4.78, 5) is 7.96. The number of rotatable bonds is 1. The summed E-state index contributed by atoms with van der Waals surface area (Å²) in [6.07, 6.45) is 0. The van der Waals surface area contributed by atoms with Crippen LogP contribution in [0.25, 0.3) is 11.0 Å². The quantitative estimate of drug-likeness (QED) is 0.730. The Labute approximate surface area is 84.4 Å². The summed E-state index contributed by atoms with van der Waals surface area (Å²) in [5.41, 5.74) is 4.81. The van der Waals surface area contributed by atoms with Gasteiger partial charge in [0.25, 0.3) is 0 Å². The Bertz CT molecular complexity index is 466. The fourth-order valence-corrected chi connectivity index (χ4v) is 1.76. The minimum atomic E-state index is 0.460. The molecular formula is C12H16N2. The van der Waals surface area contributed by atoms with Crippen LogP contribution in [0.15, 0.2) is 12.1 Å². The Morgan fingerprint density at radius 3 is 2.57 bits per heavy atom. The van der Waals surface area contributed by atoms with E-state index in [0.717, 1.165) is 16.9 Å². The lowest BCUT2D eigenvalue weighted by Gasteiger charge is -1.96. The van der Waals surface area contributed by atoms with Crippen LogP contribution in [0.1, 0.15) is 36.7 Å². The molecule has 2 aromatic rings. The number of H-pyrrole nitrogens is 1. The molecule has 1 aromatic carbocycles. The van der Waals surface area contributed by atoms with Crippen LogP contribution in [-0.4, -0.2) is 9.97 Å². The molecule has 1 heterocycles. The minimum absolute atomic E-state index is 0.460. The average molecular weight is 188 g/mol. The number of aromatic nitrogens is 2. The maximum absolute atomic E-state index is 4.60. The molecule has 2 rings (SSSR count). The van der Waals surface area contributed by atoms with Gasteiger partial charge in [-0.1, -0.05) is 19.9 Å². The highest BCUT2D eigenvalue weighted by Gasteiger charge is 2.08. The second kappa shape index (κ2) is 3.12. The molecule has 1 N–H and O–H groups in total. The number of imidazole rings is 1. The van der Waals surface area contributed by atoms with Gasteiger partial charge in [0, 0.05) is 5.92 Å². The number of aryl methyl sites for hydroxylation is 2. The molecule has 1 aromatic heterocycles. The summed E-state index contributed by atoms with van der Waals surface area (Å²) in [5.74, 6) is 1.54. The number of nitrogens with zero attached hydrogens (tertiary/aromatic N) is 1. The Morgan fingerprint density at radius 2 is 1.93 bits per heavy atom. The first-order chi connectivity index (χ1) is 6.58. The van der Waals surface area contributed by atoms with Crippen molar-refractivity contribution in [1.82, 2.24) is 9.97 Å². The largest absolute Gasteiger partial charge is 0.342 e. The van der Waals surface area contributed by atoms with Gasteiger partial charge in [0.15, 0.2) is 0 Å². The number of benzene rings is 1. The van der Waals surface area contributed by atoms with Crippen molar-refractivity contribution in [2.45, 2.75) is 33.6 Å². The number of aromatic amines is 1. The molecular weight excluding hydrogens is 172 g/mol. The lowest BCUT2D eigenvalue weighted by atomic mass is 10.1. The summed E-state index contributed by atoms with van der Waals surface area (Å²) in [7, 11) is 0. The zero-order valence-electron chi connectivity index (χ0n) is 9.18. The molecule has 0 spiro atoms. The molecule has 2 nitrogen and oxygen atoms in total. The van der Waals surface area contributed by atoms with Crippen LogP contribution in [0.3, 0.4) is 0 Å². The highest BCUT2D eigenvalue weighted by molar-refractivity contribution is 5.79. The van der Waals surface area contributed by atoms with Gasteiger partial charge in [0.1, 0.15) is 5.82 Å². The zero-order valence-corrected chi connectivity index (χ0v) is 9.18. The van der Waals surface area contributed by atoms with Crippen LogP contribution in [0.2, 0.25) is 0 Å². The summed E-state index contributed by atoms with van der Waals surface area (Å²) in [6, 6.07) is 4.33. The van der Waals surface area contributed by atoms with Crippen LogP contribution in [0.5, 0.6) is 0 Å². The van der Waals surface area contributed by atoms with Crippen molar-refractivity contribution in [3.63, 3.8) is 0 Å². The average Bonchev–Trinajstić information content (AvgIpc) is 2.47. The molecule has 74 valence electrons.